The Labute approximate surface area is 71.0 Å². The molecule has 0 atom stereocenters. The highest BCUT2D eigenvalue weighted by atomic mass is 31.2. The van der Waals surface area contributed by atoms with E-state index < -0.39 is 7.60 Å². The quantitative estimate of drug-likeness (QED) is 0.336. The third kappa shape index (κ3) is 50.4. The van der Waals surface area contributed by atoms with Crippen LogP contribution in [-0.4, -0.2) is 53.1 Å². The van der Waals surface area contributed by atoms with E-state index in [1.54, 1.807) is 0 Å². The molecule has 0 unspecified atom stereocenters. The molecule has 12 heavy (non-hydrogen) atoms. The van der Waals surface area contributed by atoms with Gasteiger partial charge in [-0.25, -0.2) is 0 Å². The average molecular weight is 202 g/mol. The molecule has 4 N–H and O–H groups in total. The van der Waals surface area contributed by atoms with Crippen molar-refractivity contribution < 1.29 is 29.3 Å². The first-order valence-corrected chi connectivity index (χ1v) is 5.30. The summed E-state index contributed by atoms with van der Waals surface area (Å²) in [7, 11) is -3.64. The molecule has 0 spiro atoms. The minimum absolute atomic E-state index is 0.0278. The number of aliphatic hydroxyl groups excluding tert-OH is 2. The van der Waals surface area contributed by atoms with Crippen LogP contribution in [-0.2, 0) is 9.30 Å². The van der Waals surface area contributed by atoms with Gasteiger partial charge in [0.2, 0.25) is 0 Å². The van der Waals surface area contributed by atoms with E-state index in [2.05, 4.69) is 4.74 Å². The molecule has 0 radical (unpaired) electrons. The van der Waals surface area contributed by atoms with Crippen molar-refractivity contribution in [3.8, 4) is 0 Å². The van der Waals surface area contributed by atoms with Crippen LogP contribution < -0.4 is 0 Å². The van der Waals surface area contributed by atoms with Gasteiger partial charge in [0.25, 0.3) is 0 Å². The normalized spacial score (nSPS) is 10.4. The molecule has 0 aliphatic carbocycles. The molecular formula is C5H15O6P. The van der Waals surface area contributed by atoms with Crippen LogP contribution >= 0.6 is 7.60 Å². The molecule has 0 aliphatic rings. The van der Waals surface area contributed by atoms with E-state index in [4.69, 9.17) is 20.0 Å². The van der Waals surface area contributed by atoms with Crippen LogP contribution in [0.25, 0.3) is 0 Å². The lowest BCUT2D eigenvalue weighted by molar-refractivity contribution is 0.0650. The van der Waals surface area contributed by atoms with Gasteiger partial charge in [0.05, 0.1) is 26.4 Å². The van der Waals surface area contributed by atoms with E-state index in [-0.39, 0.29) is 13.2 Å². The molecule has 0 aromatic heterocycles. The summed E-state index contributed by atoms with van der Waals surface area (Å²) in [6.07, 6.45) is 0. The predicted molar refractivity (Wildman–Crippen MR) is 43.0 cm³/mol. The van der Waals surface area contributed by atoms with Crippen molar-refractivity contribution in [3.63, 3.8) is 0 Å². The first-order chi connectivity index (χ1) is 5.41. The fraction of sp³-hybridized carbons (Fsp3) is 1.00. The van der Waals surface area contributed by atoms with Crippen LogP contribution in [0.3, 0.4) is 0 Å². The summed E-state index contributed by atoms with van der Waals surface area (Å²) in [6, 6.07) is 0. The van der Waals surface area contributed by atoms with Gasteiger partial charge in [-0.2, -0.15) is 0 Å². The van der Waals surface area contributed by atoms with Gasteiger partial charge in [0, 0.05) is 6.66 Å². The molecule has 0 saturated heterocycles. The molecular weight excluding hydrogens is 187 g/mol. The minimum atomic E-state index is -3.64. The number of rotatable bonds is 4. The molecule has 0 fully saturated rings. The highest BCUT2D eigenvalue weighted by Gasteiger charge is 1.95. The fourth-order valence-corrected chi connectivity index (χ4v) is 0.231. The van der Waals surface area contributed by atoms with Crippen LogP contribution in [0.5, 0.6) is 0 Å². The van der Waals surface area contributed by atoms with Gasteiger partial charge >= 0.3 is 7.60 Å². The Balaban J connectivity index is 0. The minimum Gasteiger partial charge on any atom is -0.394 e. The molecule has 7 heteroatoms. The number of aliphatic hydroxyl groups is 2. The van der Waals surface area contributed by atoms with E-state index in [9.17, 15) is 4.57 Å². The van der Waals surface area contributed by atoms with Crippen molar-refractivity contribution in [2.75, 3.05) is 33.1 Å². The monoisotopic (exact) mass is 202 g/mol. The van der Waals surface area contributed by atoms with Gasteiger partial charge in [-0.3, -0.25) is 4.57 Å². The van der Waals surface area contributed by atoms with E-state index in [1.807, 2.05) is 0 Å². The highest BCUT2D eigenvalue weighted by Crippen LogP contribution is 2.26. The van der Waals surface area contributed by atoms with Crippen LogP contribution in [0.4, 0.5) is 0 Å². The van der Waals surface area contributed by atoms with Crippen molar-refractivity contribution in [1.82, 2.24) is 0 Å². The Morgan fingerprint density at radius 2 is 1.42 bits per heavy atom. The summed E-state index contributed by atoms with van der Waals surface area (Å²) in [5, 5.41) is 16.2. The zero-order chi connectivity index (χ0) is 10.0. The molecule has 0 rings (SSSR count). The summed E-state index contributed by atoms with van der Waals surface area (Å²) in [5.74, 6) is 0. The molecule has 0 bridgehead atoms. The largest absolute Gasteiger partial charge is 0.394 e. The highest BCUT2D eigenvalue weighted by molar-refractivity contribution is 7.50. The maximum atomic E-state index is 9.33. The molecule has 0 aliphatic heterocycles. The van der Waals surface area contributed by atoms with Gasteiger partial charge < -0.3 is 24.7 Å². The van der Waals surface area contributed by atoms with Gasteiger partial charge in [0.1, 0.15) is 0 Å². The van der Waals surface area contributed by atoms with Gasteiger partial charge in [0.15, 0.2) is 0 Å². The number of hydrogen-bond donors (Lipinski definition) is 4. The van der Waals surface area contributed by atoms with Crippen molar-refractivity contribution in [2.24, 2.45) is 0 Å². The predicted octanol–water partition coefficient (Wildman–Crippen LogP) is -1.22. The molecule has 0 heterocycles. The zero-order valence-electron chi connectivity index (χ0n) is 6.88. The zero-order valence-corrected chi connectivity index (χ0v) is 7.78. The second-order valence-electron chi connectivity index (χ2n) is 1.89. The topological polar surface area (TPSA) is 107 Å². The third-order valence-electron chi connectivity index (χ3n) is 0.471. The summed E-state index contributed by atoms with van der Waals surface area (Å²) >= 11 is 0. The maximum absolute atomic E-state index is 9.33. The second kappa shape index (κ2) is 9.12. The first kappa shape index (κ1) is 14.5. The van der Waals surface area contributed by atoms with Gasteiger partial charge in [-0.15, -0.1) is 0 Å². The molecule has 76 valence electrons. The average Bonchev–Trinajstić information content (AvgIpc) is 1.85. The smallest absolute Gasteiger partial charge is 0.322 e. The molecule has 0 aromatic rings. The Morgan fingerprint density at radius 3 is 1.58 bits per heavy atom. The second-order valence-corrected chi connectivity index (χ2v) is 3.57. The van der Waals surface area contributed by atoms with E-state index in [0.29, 0.717) is 13.2 Å². The van der Waals surface area contributed by atoms with Crippen LogP contribution in [0, 0.1) is 0 Å². The Kier molecular flexibility index (Phi) is 11.1. The summed E-state index contributed by atoms with van der Waals surface area (Å²) < 4.78 is 14.0. The van der Waals surface area contributed by atoms with Crippen LogP contribution in [0.2, 0.25) is 0 Å². The summed E-state index contributed by atoms with van der Waals surface area (Å²) in [4.78, 5) is 15.3. The number of hydrogen-bond acceptors (Lipinski definition) is 4. The maximum Gasteiger partial charge on any atom is 0.322 e. The molecule has 6 nitrogen and oxygen atoms in total. The molecule has 0 amide bonds. The fourth-order valence-electron chi connectivity index (χ4n) is 0.231. The lowest BCUT2D eigenvalue weighted by atomic mass is 10.7. The van der Waals surface area contributed by atoms with E-state index in [0.717, 1.165) is 6.66 Å². The third-order valence-corrected chi connectivity index (χ3v) is 0.471. The summed E-state index contributed by atoms with van der Waals surface area (Å²) in [6.45, 7) is 1.55. The lowest BCUT2D eigenvalue weighted by Crippen LogP contribution is -2.03. The van der Waals surface area contributed by atoms with Crippen LogP contribution in [0.1, 0.15) is 0 Å². The summed E-state index contributed by atoms with van der Waals surface area (Å²) in [5.41, 5.74) is 0. The van der Waals surface area contributed by atoms with Gasteiger partial charge in [-0.05, 0) is 0 Å². The molecule has 0 saturated carbocycles. The Morgan fingerprint density at radius 1 is 1.17 bits per heavy atom. The van der Waals surface area contributed by atoms with E-state index in [1.165, 1.54) is 0 Å². The standard InChI is InChI=1S/C4H10O3.CH5O3P/c5-1-3-7-4-2-6;1-5(2,3)4/h5-6H,1-4H2;1H3,(H2,2,3,4). The SMILES string of the molecule is CP(=O)(O)O.OCCOCCO. The van der Waals surface area contributed by atoms with Crippen molar-refractivity contribution in [3.05, 3.63) is 0 Å². The first-order valence-electron chi connectivity index (χ1n) is 3.24. The Bertz CT molecular complexity index is 109. The Hall–Kier alpha value is 0.0300. The van der Waals surface area contributed by atoms with Crippen molar-refractivity contribution in [1.29, 1.82) is 0 Å². The molecule has 0 aromatic carbocycles. The van der Waals surface area contributed by atoms with E-state index >= 15 is 0 Å². The number of ether oxygens (including phenoxy) is 1. The van der Waals surface area contributed by atoms with Crippen molar-refractivity contribution >= 4 is 7.60 Å². The van der Waals surface area contributed by atoms with Crippen molar-refractivity contribution in [2.45, 2.75) is 0 Å². The lowest BCUT2D eigenvalue weighted by Gasteiger charge is -1.94. The van der Waals surface area contributed by atoms with Crippen LogP contribution in [0.15, 0.2) is 0 Å². The van der Waals surface area contributed by atoms with Gasteiger partial charge in [-0.1, -0.05) is 0 Å².